The molecule has 0 unspecified atom stereocenters. The highest BCUT2D eigenvalue weighted by atomic mass is 16.5. The van der Waals surface area contributed by atoms with Gasteiger partial charge in [0.15, 0.2) is 0 Å². The number of rotatable bonds is 5. The molecule has 5 heteroatoms. The molecule has 20 heavy (non-hydrogen) atoms. The fourth-order valence-electron chi connectivity index (χ4n) is 1.74. The van der Waals surface area contributed by atoms with Gasteiger partial charge < -0.3 is 15.4 Å². The summed E-state index contributed by atoms with van der Waals surface area (Å²) in [5.74, 6) is 5.50. The van der Waals surface area contributed by atoms with Crippen LogP contribution >= 0.6 is 0 Å². The highest BCUT2D eigenvalue weighted by molar-refractivity contribution is 5.95. The molecule has 108 valence electrons. The fraction of sp³-hybridized carbons (Fsp3) is 0.467. The minimum atomic E-state index is -0.140. The van der Waals surface area contributed by atoms with Gasteiger partial charge in [-0.1, -0.05) is 11.8 Å². The minimum Gasteiger partial charge on any atom is -0.383 e. The summed E-state index contributed by atoms with van der Waals surface area (Å²) in [5.41, 5.74) is 6.33. The zero-order chi connectivity index (χ0) is 15.0. The van der Waals surface area contributed by atoms with Crippen LogP contribution in [0.4, 0.5) is 0 Å². The number of nitrogens with zero attached hydrogens (tertiary/aromatic N) is 2. The van der Waals surface area contributed by atoms with Crippen LogP contribution in [-0.2, 0) is 4.74 Å². The monoisotopic (exact) mass is 275 g/mol. The van der Waals surface area contributed by atoms with Crippen molar-refractivity contribution in [2.24, 2.45) is 5.73 Å². The molecule has 1 rings (SSSR count). The number of nitrogens with two attached hydrogens (primary N) is 1. The second kappa shape index (κ2) is 8.31. The largest absolute Gasteiger partial charge is 0.383 e. The molecule has 0 saturated heterocycles. The number of amides is 1. The van der Waals surface area contributed by atoms with Crippen molar-refractivity contribution < 1.29 is 9.53 Å². The number of hydrogen-bond acceptors (Lipinski definition) is 4. The summed E-state index contributed by atoms with van der Waals surface area (Å²) >= 11 is 0. The molecule has 2 N–H and O–H groups in total. The van der Waals surface area contributed by atoms with Gasteiger partial charge in [0.2, 0.25) is 0 Å². The van der Waals surface area contributed by atoms with E-state index in [2.05, 4.69) is 16.8 Å². The predicted octanol–water partition coefficient (Wildman–Crippen LogP) is 0.889. The number of pyridine rings is 1. The number of aromatic nitrogens is 1. The maximum atomic E-state index is 12.6. The quantitative estimate of drug-likeness (QED) is 0.810. The van der Waals surface area contributed by atoms with Crippen molar-refractivity contribution in [2.45, 2.75) is 19.9 Å². The van der Waals surface area contributed by atoms with Crippen molar-refractivity contribution in [3.63, 3.8) is 0 Å². The van der Waals surface area contributed by atoms with Gasteiger partial charge in [-0.25, -0.2) is 4.98 Å². The van der Waals surface area contributed by atoms with Gasteiger partial charge in [-0.05, 0) is 26.0 Å². The number of carbonyl (C=O) groups excluding carboxylic acids is 1. The normalized spacial score (nSPS) is 10.1. The molecule has 5 nitrogen and oxygen atoms in total. The zero-order valence-electron chi connectivity index (χ0n) is 12.2. The molecule has 0 atom stereocenters. The Hall–Kier alpha value is -1.90. The van der Waals surface area contributed by atoms with Crippen molar-refractivity contribution in [3.8, 4) is 11.8 Å². The van der Waals surface area contributed by atoms with Crippen LogP contribution in [0.25, 0.3) is 0 Å². The Morgan fingerprint density at radius 3 is 2.90 bits per heavy atom. The topological polar surface area (TPSA) is 68.5 Å². The third-order valence-electron chi connectivity index (χ3n) is 2.76. The average molecular weight is 275 g/mol. The molecule has 0 aromatic carbocycles. The Bertz CT molecular complexity index is 503. The Kier molecular flexibility index (Phi) is 6.71. The molecule has 0 aliphatic heterocycles. The average Bonchev–Trinajstić information content (AvgIpc) is 2.45. The molecule has 0 aliphatic rings. The lowest BCUT2D eigenvalue weighted by molar-refractivity contribution is 0.0629. The van der Waals surface area contributed by atoms with Crippen LogP contribution in [0.3, 0.4) is 0 Å². The first-order valence-electron chi connectivity index (χ1n) is 6.55. The van der Waals surface area contributed by atoms with Gasteiger partial charge in [0.1, 0.15) is 5.69 Å². The first-order chi connectivity index (χ1) is 9.61. The number of ether oxygens (including phenoxy) is 1. The minimum absolute atomic E-state index is 0.0648. The molecule has 1 aromatic heterocycles. The number of hydrogen-bond donors (Lipinski definition) is 1. The third-order valence-corrected chi connectivity index (χ3v) is 2.76. The lowest BCUT2D eigenvalue weighted by Crippen LogP contribution is -2.40. The first kappa shape index (κ1) is 16.2. The van der Waals surface area contributed by atoms with Crippen molar-refractivity contribution >= 4 is 5.91 Å². The van der Waals surface area contributed by atoms with Gasteiger partial charge in [-0.15, -0.1) is 0 Å². The van der Waals surface area contributed by atoms with E-state index in [1.807, 2.05) is 13.8 Å². The van der Waals surface area contributed by atoms with E-state index in [4.69, 9.17) is 10.5 Å². The second-order valence-electron chi connectivity index (χ2n) is 4.49. The van der Waals surface area contributed by atoms with Gasteiger partial charge in [-0.3, -0.25) is 4.79 Å². The summed E-state index contributed by atoms with van der Waals surface area (Å²) in [6.07, 6.45) is 1.59. The van der Waals surface area contributed by atoms with Crippen molar-refractivity contribution in [1.29, 1.82) is 0 Å². The van der Waals surface area contributed by atoms with Gasteiger partial charge >= 0.3 is 0 Å². The molecule has 1 heterocycles. The van der Waals surface area contributed by atoms with E-state index in [0.717, 1.165) is 0 Å². The van der Waals surface area contributed by atoms with Crippen molar-refractivity contribution in [2.75, 3.05) is 26.8 Å². The molecule has 0 spiro atoms. The van der Waals surface area contributed by atoms with E-state index in [1.54, 1.807) is 30.3 Å². The van der Waals surface area contributed by atoms with E-state index < -0.39 is 0 Å². The number of carbonyl (C=O) groups is 1. The molecule has 0 fully saturated rings. The summed E-state index contributed by atoms with van der Waals surface area (Å²) in [4.78, 5) is 18.5. The van der Waals surface area contributed by atoms with Crippen LogP contribution in [0.5, 0.6) is 0 Å². The lowest BCUT2D eigenvalue weighted by atomic mass is 10.1. The maximum absolute atomic E-state index is 12.6. The molecule has 0 radical (unpaired) electrons. The maximum Gasteiger partial charge on any atom is 0.274 e. The SMILES string of the molecule is COCCN(C(=O)c1ncccc1C#CCN)C(C)C. The van der Waals surface area contributed by atoms with Crippen LogP contribution in [0.2, 0.25) is 0 Å². The standard InChI is InChI=1S/C15H21N3O2/c1-12(2)18(10-11-20-3)15(19)14-13(6-4-8-16)7-5-9-17-14/h5,7,9,12H,8,10-11,16H2,1-3H3. The lowest BCUT2D eigenvalue weighted by Gasteiger charge is -2.26. The van der Waals surface area contributed by atoms with E-state index in [-0.39, 0.29) is 18.5 Å². The Labute approximate surface area is 120 Å². The summed E-state index contributed by atoms with van der Waals surface area (Å²) < 4.78 is 5.04. The molecule has 1 amide bonds. The smallest absolute Gasteiger partial charge is 0.274 e. The molecule has 0 saturated carbocycles. The van der Waals surface area contributed by atoms with Crippen LogP contribution < -0.4 is 5.73 Å². The van der Waals surface area contributed by atoms with Crippen molar-refractivity contribution in [1.82, 2.24) is 9.88 Å². The Balaban J connectivity index is 3.05. The zero-order valence-corrected chi connectivity index (χ0v) is 12.2. The first-order valence-corrected chi connectivity index (χ1v) is 6.55. The summed E-state index contributed by atoms with van der Waals surface area (Å²) in [5, 5.41) is 0. The van der Waals surface area contributed by atoms with E-state index in [1.165, 1.54) is 0 Å². The molecule has 0 bridgehead atoms. The molecular formula is C15H21N3O2. The Morgan fingerprint density at radius 2 is 2.30 bits per heavy atom. The number of methoxy groups -OCH3 is 1. The van der Waals surface area contributed by atoms with Gasteiger partial charge in [-0.2, -0.15) is 0 Å². The summed E-state index contributed by atoms with van der Waals surface area (Å²) in [6, 6.07) is 3.60. The van der Waals surface area contributed by atoms with Gasteiger partial charge in [0, 0.05) is 25.9 Å². The van der Waals surface area contributed by atoms with E-state index in [0.29, 0.717) is 24.4 Å². The van der Waals surface area contributed by atoms with Crippen LogP contribution in [0, 0.1) is 11.8 Å². The molecular weight excluding hydrogens is 254 g/mol. The summed E-state index contributed by atoms with van der Waals surface area (Å²) in [6.45, 7) is 5.18. The Morgan fingerprint density at radius 1 is 1.55 bits per heavy atom. The molecule has 1 aromatic rings. The van der Waals surface area contributed by atoms with E-state index >= 15 is 0 Å². The van der Waals surface area contributed by atoms with Crippen molar-refractivity contribution in [3.05, 3.63) is 29.6 Å². The molecule has 0 aliphatic carbocycles. The highest BCUT2D eigenvalue weighted by Crippen LogP contribution is 2.10. The summed E-state index contributed by atoms with van der Waals surface area (Å²) in [7, 11) is 1.61. The second-order valence-corrected chi connectivity index (χ2v) is 4.49. The van der Waals surface area contributed by atoms with Gasteiger partial charge in [0.05, 0.1) is 18.7 Å². The highest BCUT2D eigenvalue weighted by Gasteiger charge is 2.21. The van der Waals surface area contributed by atoms with Gasteiger partial charge in [0.25, 0.3) is 5.91 Å². The van der Waals surface area contributed by atoms with E-state index in [9.17, 15) is 4.79 Å². The van der Waals surface area contributed by atoms with Crippen LogP contribution in [0.1, 0.15) is 29.9 Å². The fourth-order valence-corrected chi connectivity index (χ4v) is 1.74. The predicted molar refractivity (Wildman–Crippen MR) is 78.2 cm³/mol. The van der Waals surface area contributed by atoms with Crippen LogP contribution in [-0.4, -0.2) is 48.6 Å². The van der Waals surface area contributed by atoms with Crippen LogP contribution in [0.15, 0.2) is 18.3 Å². The third kappa shape index (κ3) is 4.34.